The van der Waals surface area contributed by atoms with Crippen molar-refractivity contribution >= 4 is 15.9 Å². The van der Waals surface area contributed by atoms with Crippen LogP contribution in [0.5, 0.6) is 0 Å². The maximum absolute atomic E-state index is 3.64. The number of hydrogen-bond donors (Lipinski definition) is 0. The first kappa shape index (κ1) is 8.31. The van der Waals surface area contributed by atoms with Crippen LogP contribution in [0.4, 0.5) is 0 Å². The van der Waals surface area contributed by atoms with E-state index in [9.17, 15) is 0 Å². The highest BCUT2D eigenvalue weighted by Crippen LogP contribution is 2.32. The second-order valence-corrected chi connectivity index (χ2v) is 4.83. The zero-order valence-electron chi connectivity index (χ0n) is 7.31. The van der Waals surface area contributed by atoms with E-state index in [0.717, 1.165) is 0 Å². The fourth-order valence-corrected chi connectivity index (χ4v) is 2.45. The van der Waals surface area contributed by atoms with Crippen molar-refractivity contribution in [1.82, 2.24) is 0 Å². The Kier molecular flexibility index (Phi) is 2.22. The molecule has 0 nitrogen and oxygen atoms in total. The number of halogens is 1. The largest absolute Gasteiger partial charge is 0.0842 e. The van der Waals surface area contributed by atoms with E-state index in [1.807, 2.05) is 0 Å². The summed E-state index contributed by atoms with van der Waals surface area (Å²) < 4.78 is 0. The van der Waals surface area contributed by atoms with Crippen LogP contribution in [0.25, 0.3) is 0 Å². The van der Waals surface area contributed by atoms with Crippen LogP contribution in [0.3, 0.4) is 0 Å². The standard InChI is InChI=1S/C11H13Br/c1-8(12)10-6-2-4-9-5-3-7-11(9)10/h2,4,6,8H,3,5,7H2,1H3. The van der Waals surface area contributed by atoms with Gasteiger partial charge < -0.3 is 0 Å². The summed E-state index contributed by atoms with van der Waals surface area (Å²) in [7, 11) is 0. The molecule has 1 heteroatoms. The average molecular weight is 225 g/mol. The van der Waals surface area contributed by atoms with Gasteiger partial charge in [0.05, 0.1) is 0 Å². The fraction of sp³-hybridized carbons (Fsp3) is 0.455. The molecular weight excluding hydrogens is 212 g/mol. The summed E-state index contributed by atoms with van der Waals surface area (Å²) >= 11 is 3.64. The third-order valence-corrected chi connectivity index (χ3v) is 3.10. The smallest absolute Gasteiger partial charge is 0.0369 e. The molecule has 1 aliphatic rings. The molecule has 0 heterocycles. The lowest BCUT2D eigenvalue weighted by Crippen LogP contribution is -1.92. The molecule has 2 rings (SSSR count). The van der Waals surface area contributed by atoms with Crippen LogP contribution in [0.15, 0.2) is 18.2 Å². The van der Waals surface area contributed by atoms with Crippen LogP contribution in [0.1, 0.15) is 34.9 Å². The van der Waals surface area contributed by atoms with Crippen LogP contribution < -0.4 is 0 Å². The van der Waals surface area contributed by atoms with Crippen molar-refractivity contribution in [3.8, 4) is 0 Å². The second-order valence-electron chi connectivity index (χ2n) is 3.45. The summed E-state index contributed by atoms with van der Waals surface area (Å²) in [6, 6.07) is 6.68. The summed E-state index contributed by atoms with van der Waals surface area (Å²) in [5.41, 5.74) is 4.66. The minimum atomic E-state index is 0.505. The van der Waals surface area contributed by atoms with Gasteiger partial charge in [-0.2, -0.15) is 0 Å². The molecule has 0 aliphatic heterocycles. The molecule has 0 saturated heterocycles. The minimum Gasteiger partial charge on any atom is -0.0842 e. The molecule has 1 aromatic rings. The molecule has 64 valence electrons. The molecule has 1 aromatic carbocycles. The Morgan fingerprint density at radius 2 is 2.17 bits per heavy atom. The van der Waals surface area contributed by atoms with Gasteiger partial charge >= 0.3 is 0 Å². The van der Waals surface area contributed by atoms with Crippen molar-refractivity contribution in [2.24, 2.45) is 0 Å². The van der Waals surface area contributed by atoms with Crippen molar-refractivity contribution in [1.29, 1.82) is 0 Å². The molecule has 12 heavy (non-hydrogen) atoms. The van der Waals surface area contributed by atoms with Crippen molar-refractivity contribution in [3.05, 3.63) is 34.9 Å². The van der Waals surface area contributed by atoms with E-state index < -0.39 is 0 Å². The number of fused-ring (bicyclic) bond motifs is 1. The number of rotatable bonds is 1. The van der Waals surface area contributed by atoms with Crippen molar-refractivity contribution in [2.75, 3.05) is 0 Å². The fourth-order valence-electron chi connectivity index (χ4n) is 2.02. The van der Waals surface area contributed by atoms with Gasteiger partial charge in [-0.05, 0) is 42.9 Å². The first-order chi connectivity index (χ1) is 5.79. The van der Waals surface area contributed by atoms with E-state index >= 15 is 0 Å². The second kappa shape index (κ2) is 3.21. The molecule has 0 N–H and O–H groups in total. The molecule has 1 atom stereocenters. The van der Waals surface area contributed by atoms with Gasteiger partial charge in [-0.1, -0.05) is 34.1 Å². The van der Waals surface area contributed by atoms with Gasteiger partial charge in [0.2, 0.25) is 0 Å². The van der Waals surface area contributed by atoms with E-state index in [2.05, 4.69) is 41.1 Å². The molecule has 0 radical (unpaired) electrons. The zero-order chi connectivity index (χ0) is 8.55. The molecule has 0 saturated carbocycles. The Hall–Kier alpha value is -0.300. The first-order valence-corrected chi connectivity index (χ1v) is 5.45. The predicted molar refractivity (Wildman–Crippen MR) is 55.8 cm³/mol. The maximum Gasteiger partial charge on any atom is 0.0369 e. The van der Waals surface area contributed by atoms with E-state index in [0.29, 0.717) is 4.83 Å². The van der Waals surface area contributed by atoms with Crippen molar-refractivity contribution in [2.45, 2.75) is 31.0 Å². The van der Waals surface area contributed by atoms with Crippen LogP contribution in [0.2, 0.25) is 0 Å². The lowest BCUT2D eigenvalue weighted by atomic mass is 10.0. The van der Waals surface area contributed by atoms with Crippen LogP contribution >= 0.6 is 15.9 Å². The SMILES string of the molecule is CC(Br)c1cccc2c1CCC2. The average Bonchev–Trinajstić information content (AvgIpc) is 2.49. The Balaban J connectivity index is 2.49. The lowest BCUT2D eigenvalue weighted by Gasteiger charge is -2.09. The van der Waals surface area contributed by atoms with Crippen molar-refractivity contribution < 1.29 is 0 Å². The summed E-state index contributed by atoms with van der Waals surface area (Å²) in [4.78, 5) is 0.505. The van der Waals surface area contributed by atoms with Gasteiger partial charge in [0.25, 0.3) is 0 Å². The molecule has 1 unspecified atom stereocenters. The van der Waals surface area contributed by atoms with Crippen LogP contribution in [-0.4, -0.2) is 0 Å². The number of aryl methyl sites for hydroxylation is 1. The Labute approximate surface area is 82.1 Å². The highest BCUT2D eigenvalue weighted by molar-refractivity contribution is 9.09. The number of hydrogen-bond acceptors (Lipinski definition) is 0. The third kappa shape index (κ3) is 1.31. The summed E-state index contributed by atoms with van der Waals surface area (Å²) in [5, 5.41) is 0. The first-order valence-electron chi connectivity index (χ1n) is 4.54. The molecular formula is C11H13Br. The van der Waals surface area contributed by atoms with E-state index in [1.165, 1.54) is 24.8 Å². The molecule has 0 amide bonds. The minimum absolute atomic E-state index is 0.505. The molecule has 1 aliphatic carbocycles. The molecule has 0 aromatic heterocycles. The van der Waals surface area contributed by atoms with E-state index in [-0.39, 0.29) is 0 Å². The van der Waals surface area contributed by atoms with Gasteiger partial charge in [0.1, 0.15) is 0 Å². The Morgan fingerprint density at radius 3 is 2.92 bits per heavy atom. The Bertz CT molecular complexity index is 289. The van der Waals surface area contributed by atoms with Gasteiger partial charge in [0.15, 0.2) is 0 Å². The normalized spacial score (nSPS) is 17.5. The third-order valence-electron chi connectivity index (χ3n) is 2.61. The summed E-state index contributed by atoms with van der Waals surface area (Å²) in [5.74, 6) is 0. The monoisotopic (exact) mass is 224 g/mol. The quantitative estimate of drug-likeness (QED) is 0.640. The molecule has 0 spiro atoms. The van der Waals surface area contributed by atoms with Gasteiger partial charge in [-0.25, -0.2) is 0 Å². The predicted octanol–water partition coefficient (Wildman–Crippen LogP) is 3.63. The van der Waals surface area contributed by atoms with Crippen LogP contribution in [0, 0.1) is 0 Å². The van der Waals surface area contributed by atoms with Gasteiger partial charge in [-0.3, -0.25) is 0 Å². The van der Waals surface area contributed by atoms with E-state index in [4.69, 9.17) is 0 Å². The summed E-state index contributed by atoms with van der Waals surface area (Å²) in [6.45, 7) is 2.20. The number of alkyl halides is 1. The lowest BCUT2D eigenvalue weighted by molar-refractivity contribution is 0.904. The summed E-state index contributed by atoms with van der Waals surface area (Å²) in [6.07, 6.45) is 3.90. The van der Waals surface area contributed by atoms with Gasteiger partial charge in [-0.15, -0.1) is 0 Å². The highest BCUT2D eigenvalue weighted by Gasteiger charge is 2.15. The maximum atomic E-state index is 3.64. The molecule has 0 bridgehead atoms. The molecule has 0 fully saturated rings. The highest BCUT2D eigenvalue weighted by atomic mass is 79.9. The van der Waals surface area contributed by atoms with Crippen LogP contribution in [-0.2, 0) is 12.8 Å². The topological polar surface area (TPSA) is 0 Å². The zero-order valence-corrected chi connectivity index (χ0v) is 8.89. The Morgan fingerprint density at radius 1 is 1.33 bits per heavy atom. The van der Waals surface area contributed by atoms with E-state index in [1.54, 1.807) is 11.1 Å². The van der Waals surface area contributed by atoms with Crippen molar-refractivity contribution in [3.63, 3.8) is 0 Å². The van der Waals surface area contributed by atoms with Gasteiger partial charge in [0, 0.05) is 4.83 Å². The number of benzene rings is 1.